The fraction of sp³-hybridized carbons (Fsp3) is 0.375. The fourth-order valence-corrected chi connectivity index (χ4v) is 0.966. The Morgan fingerprint density at radius 1 is 1.57 bits per heavy atom. The zero-order valence-electron chi connectivity index (χ0n) is 7.86. The van der Waals surface area contributed by atoms with E-state index in [9.17, 15) is 13.2 Å². The van der Waals surface area contributed by atoms with Crippen LogP contribution in [0.4, 0.5) is 0 Å². The molecule has 2 N–H and O–H groups in total. The number of carbonyl (C=O) groups is 1. The Bertz CT molecular complexity index is 397. The Kier molecular flexibility index (Phi) is 3.86. The monoisotopic (exact) mass is 217 g/mol. The van der Waals surface area contributed by atoms with Crippen LogP contribution in [-0.4, -0.2) is 24.4 Å². The highest BCUT2D eigenvalue weighted by Crippen LogP contribution is 1.99. The maximum Gasteiger partial charge on any atom is 0.335 e. The average molecular weight is 217 g/mol. The van der Waals surface area contributed by atoms with Gasteiger partial charge in [0, 0.05) is 0 Å². The zero-order valence-corrected chi connectivity index (χ0v) is 8.68. The molecule has 0 aliphatic carbocycles. The van der Waals surface area contributed by atoms with E-state index in [1.807, 2.05) is 0 Å². The summed E-state index contributed by atoms with van der Waals surface area (Å²) < 4.78 is 28.9. The molecule has 0 aromatic rings. The molecule has 0 aliphatic heterocycles. The Morgan fingerprint density at radius 3 is 2.43 bits per heavy atom. The number of hydrogen-bond acceptors (Lipinski definition) is 3. The van der Waals surface area contributed by atoms with Gasteiger partial charge in [0.1, 0.15) is 0 Å². The van der Waals surface area contributed by atoms with Crippen molar-refractivity contribution in [1.82, 2.24) is 5.32 Å². The van der Waals surface area contributed by atoms with E-state index in [1.165, 1.54) is 13.8 Å². The summed E-state index contributed by atoms with van der Waals surface area (Å²) in [6, 6.07) is 0. The van der Waals surface area contributed by atoms with Crippen molar-refractivity contribution in [3.05, 3.63) is 12.7 Å². The van der Waals surface area contributed by atoms with E-state index in [2.05, 4.69) is 17.8 Å². The molecule has 78 valence electrons. The molecular weight excluding hydrogens is 206 g/mol. The van der Waals surface area contributed by atoms with Gasteiger partial charge in [-0.2, -0.15) is 8.42 Å². The smallest absolute Gasteiger partial charge is 0.335 e. The van der Waals surface area contributed by atoms with Gasteiger partial charge in [-0.25, -0.2) is 0 Å². The van der Waals surface area contributed by atoms with E-state index in [0.717, 1.165) is 6.08 Å². The lowest BCUT2D eigenvalue weighted by atomic mass is 10.1. The van der Waals surface area contributed by atoms with Crippen LogP contribution in [0.2, 0.25) is 0 Å². The third kappa shape index (κ3) is 6.22. The topological polar surface area (TPSA) is 83.5 Å². The first-order chi connectivity index (χ1) is 6.16. The first-order valence-electron chi connectivity index (χ1n) is 3.62. The molecule has 0 heterocycles. The van der Waals surface area contributed by atoms with Gasteiger partial charge in [0.05, 0.1) is 10.8 Å². The lowest BCUT2D eigenvalue weighted by Gasteiger charge is -2.17. The predicted octanol–water partition coefficient (Wildman–Crippen LogP) is -0.0841. The van der Waals surface area contributed by atoms with Crippen LogP contribution in [0.25, 0.3) is 0 Å². The van der Waals surface area contributed by atoms with E-state index in [-0.39, 0.29) is 0 Å². The minimum absolute atomic E-state index is 0.473. The molecule has 1 amide bonds. The Morgan fingerprint density at radius 2 is 2.07 bits per heavy atom. The SMILES string of the molecule is C=CC(=O)NC(C)(C)C#CS(=O)(=O)O. The molecule has 0 aromatic carbocycles. The second kappa shape index (κ2) is 4.26. The highest BCUT2D eigenvalue weighted by molar-refractivity contribution is 7.90. The average Bonchev–Trinajstić information content (AvgIpc) is 1.99. The van der Waals surface area contributed by atoms with Crippen LogP contribution in [0.1, 0.15) is 13.8 Å². The van der Waals surface area contributed by atoms with Gasteiger partial charge in [-0.1, -0.05) is 12.5 Å². The van der Waals surface area contributed by atoms with Crippen LogP contribution in [0.5, 0.6) is 0 Å². The molecular formula is C8H11NO4S. The molecule has 6 heteroatoms. The van der Waals surface area contributed by atoms with Crippen molar-refractivity contribution in [1.29, 1.82) is 0 Å². The van der Waals surface area contributed by atoms with Gasteiger partial charge in [0.15, 0.2) is 0 Å². The van der Waals surface area contributed by atoms with Gasteiger partial charge < -0.3 is 5.32 Å². The van der Waals surface area contributed by atoms with Crippen molar-refractivity contribution in [3.63, 3.8) is 0 Å². The summed E-state index contributed by atoms with van der Waals surface area (Å²) in [4.78, 5) is 10.8. The normalized spacial score (nSPS) is 11.1. The standard InChI is InChI=1S/C8H11NO4S/c1-4-7(10)9-8(2,3)5-6-14(11,12)13/h4H,1H2,2-3H3,(H,9,10)(H,11,12,13). The Hall–Kier alpha value is -1.32. The molecule has 0 fully saturated rings. The minimum atomic E-state index is -4.34. The number of hydrogen-bond donors (Lipinski definition) is 2. The summed E-state index contributed by atoms with van der Waals surface area (Å²) in [5, 5.41) is 3.99. The lowest BCUT2D eigenvalue weighted by Crippen LogP contribution is -2.41. The van der Waals surface area contributed by atoms with Gasteiger partial charge in [-0.05, 0) is 19.9 Å². The van der Waals surface area contributed by atoms with E-state index in [1.54, 1.807) is 5.25 Å². The van der Waals surface area contributed by atoms with E-state index >= 15 is 0 Å². The lowest BCUT2D eigenvalue weighted by molar-refractivity contribution is -0.117. The third-order valence-electron chi connectivity index (χ3n) is 1.11. The van der Waals surface area contributed by atoms with Crippen LogP contribution < -0.4 is 5.32 Å². The van der Waals surface area contributed by atoms with Crippen LogP contribution in [-0.2, 0) is 14.9 Å². The summed E-state index contributed by atoms with van der Waals surface area (Å²) in [6.45, 7) is 6.21. The largest absolute Gasteiger partial charge is 0.337 e. The Balaban J connectivity index is 4.71. The quantitative estimate of drug-likeness (QED) is 0.385. The molecule has 0 saturated heterocycles. The van der Waals surface area contributed by atoms with Crippen LogP contribution in [0.3, 0.4) is 0 Å². The maximum absolute atomic E-state index is 10.8. The molecule has 0 bridgehead atoms. The molecule has 0 aromatic heterocycles. The summed E-state index contributed by atoms with van der Waals surface area (Å²) in [7, 11) is -4.34. The second-order valence-electron chi connectivity index (χ2n) is 3.02. The van der Waals surface area contributed by atoms with Crippen molar-refractivity contribution in [3.8, 4) is 11.2 Å². The van der Waals surface area contributed by atoms with Crippen LogP contribution in [0, 0.1) is 11.2 Å². The summed E-state index contributed by atoms with van der Waals surface area (Å²) in [6.07, 6.45) is 1.04. The zero-order chi connectivity index (χ0) is 11.4. The van der Waals surface area contributed by atoms with Crippen molar-refractivity contribution in [2.45, 2.75) is 19.4 Å². The number of carbonyl (C=O) groups excluding carboxylic acids is 1. The van der Waals surface area contributed by atoms with Crippen molar-refractivity contribution >= 4 is 16.0 Å². The van der Waals surface area contributed by atoms with E-state index in [0.29, 0.717) is 0 Å². The Labute approximate surface area is 82.9 Å². The van der Waals surface area contributed by atoms with Gasteiger partial charge >= 0.3 is 10.1 Å². The molecule has 0 radical (unpaired) electrons. The van der Waals surface area contributed by atoms with E-state index in [4.69, 9.17) is 4.55 Å². The molecule has 0 unspecified atom stereocenters. The van der Waals surface area contributed by atoms with Gasteiger partial charge in [-0.15, -0.1) is 0 Å². The van der Waals surface area contributed by atoms with Crippen molar-refractivity contribution in [2.75, 3.05) is 0 Å². The summed E-state index contributed by atoms with van der Waals surface area (Å²) >= 11 is 0. The van der Waals surface area contributed by atoms with Crippen molar-refractivity contribution in [2.24, 2.45) is 0 Å². The van der Waals surface area contributed by atoms with E-state index < -0.39 is 21.6 Å². The number of amides is 1. The molecule has 14 heavy (non-hydrogen) atoms. The van der Waals surface area contributed by atoms with Gasteiger partial charge in [0.2, 0.25) is 5.91 Å². The maximum atomic E-state index is 10.8. The summed E-state index contributed by atoms with van der Waals surface area (Å²) in [5.41, 5.74) is -1.04. The van der Waals surface area contributed by atoms with Gasteiger partial charge in [0.25, 0.3) is 0 Å². The van der Waals surface area contributed by atoms with Gasteiger partial charge in [-0.3, -0.25) is 9.35 Å². The number of nitrogens with one attached hydrogen (secondary N) is 1. The minimum Gasteiger partial charge on any atom is -0.337 e. The van der Waals surface area contributed by atoms with Crippen molar-refractivity contribution < 1.29 is 17.8 Å². The number of rotatable bonds is 2. The third-order valence-corrected chi connectivity index (χ3v) is 1.47. The highest BCUT2D eigenvalue weighted by atomic mass is 32.2. The first-order valence-corrected chi connectivity index (χ1v) is 5.06. The molecule has 0 rings (SSSR count). The molecule has 0 aliphatic rings. The molecule has 5 nitrogen and oxygen atoms in total. The highest BCUT2D eigenvalue weighted by Gasteiger charge is 2.16. The first kappa shape index (κ1) is 12.7. The van der Waals surface area contributed by atoms with Crippen LogP contribution in [0.15, 0.2) is 12.7 Å². The summed E-state index contributed by atoms with van der Waals surface area (Å²) in [5.74, 6) is 1.72. The molecule has 0 atom stereocenters. The van der Waals surface area contributed by atoms with Crippen LogP contribution >= 0.6 is 0 Å². The predicted molar refractivity (Wildman–Crippen MR) is 51.7 cm³/mol. The fourth-order valence-electron chi connectivity index (χ4n) is 0.582. The second-order valence-corrected chi connectivity index (χ2v) is 4.17. The molecule has 0 saturated carbocycles. The molecule has 0 spiro atoms.